The van der Waals surface area contributed by atoms with Gasteiger partial charge in [-0.1, -0.05) is 0 Å². The van der Waals surface area contributed by atoms with E-state index in [4.69, 9.17) is 11.6 Å². The zero-order valence-electron chi connectivity index (χ0n) is 12.1. The zero-order chi connectivity index (χ0) is 15.3. The second-order valence-electron chi connectivity index (χ2n) is 5.94. The van der Waals surface area contributed by atoms with Crippen molar-refractivity contribution >= 4 is 32.6 Å². The van der Waals surface area contributed by atoms with Gasteiger partial charge in [0, 0.05) is 18.0 Å². The van der Waals surface area contributed by atoms with Gasteiger partial charge >= 0.3 is 0 Å². The molecule has 1 aliphatic heterocycles. The van der Waals surface area contributed by atoms with Crippen molar-refractivity contribution in [2.24, 2.45) is 0 Å². The SMILES string of the molecule is Cc1ccc2nc(CCCl)n(C3(C)CCS(=O)(=O)C3)c2n1. The summed E-state index contributed by atoms with van der Waals surface area (Å²) < 4.78 is 25.9. The van der Waals surface area contributed by atoms with Crippen molar-refractivity contribution in [1.82, 2.24) is 14.5 Å². The molecule has 2 aromatic rings. The van der Waals surface area contributed by atoms with Crippen molar-refractivity contribution in [2.75, 3.05) is 17.4 Å². The van der Waals surface area contributed by atoms with Crippen LogP contribution in [-0.4, -0.2) is 40.3 Å². The van der Waals surface area contributed by atoms with Gasteiger partial charge < -0.3 is 4.57 Å². The molecular weight excluding hydrogens is 310 g/mol. The lowest BCUT2D eigenvalue weighted by Gasteiger charge is -2.27. The molecule has 21 heavy (non-hydrogen) atoms. The molecule has 1 fully saturated rings. The van der Waals surface area contributed by atoms with Gasteiger partial charge in [-0.3, -0.25) is 0 Å². The Morgan fingerprint density at radius 2 is 2.14 bits per heavy atom. The standard InChI is InChI=1S/C14H18ClN3O2S/c1-10-3-4-11-13(16-10)18(12(17-11)5-7-15)14(2)6-8-21(19,20)9-14/h3-4H,5-9H2,1-2H3. The number of alkyl halides is 1. The summed E-state index contributed by atoms with van der Waals surface area (Å²) in [5.41, 5.74) is 1.96. The number of halogens is 1. The lowest BCUT2D eigenvalue weighted by molar-refractivity contribution is 0.363. The Kier molecular flexibility index (Phi) is 3.48. The predicted octanol–water partition coefficient (Wildman–Crippen LogP) is 2.05. The summed E-state index contributed by atoms with van der Waals surface area (Å²) >= 11 is 5.88. The maximum atomic E-state index is 11.9. The van der Waals surface area contributed by atoms with Crippen molar-refractivity contribution in [3.8, 4) is 0 Å². The van der Waals surface area contributed by atoms with Gasteiger partial charge in [0.1, 0.15) is 11.3 Å². The van der Waals surface area contributed by atoms with Crippen molar-refractivity contribution in [1.29, 1.82) is 0 Å². The molecule has 3 heterocycles. The second kappa shape index (κ2) is 4.95. The highest BCUT2D eigenvalue weighted by Gasteiger charge is 2.42. The van der Waals surface area contributed by atoms with Gasteiger partial charge in [0.25, 0.3) is 0 Å². The van der Waals surface area contributed by atoms with Gasteiger partial charge in [-0.2, -0.15) is 0 Å². The summed E-state index contributed by atoms with van der Waals surface area (Å²) in [6.45, 7) is 3.89. The highest BCUT2D eigenvalue weighted by molar-refractivity contribution is 7.91. The number of aromatic nitrogens is 3. The number of rotatable bonds is 3. The molecule has 3 rings (SSSR count). The molecule has 0 spiro atoms. The van der Waals surface area contributed by atoms with E-state index in [0.717, 1.165) is 22.7 Å². The number of sulfone groups is 1. The van der Waals surface area contributed by atoms with E-state index < -0.39 is 15.4 Å². The number of pyridine rings is 1. The molecule has 0 aromatic carbocycles. The molecule has 0 bridgehead atoms. The Hall–Kier alpha value is -1.14. The zero-order valence-corrected chi connectivity index (χ0v) is 13.7. The Labute approximate surface area is 129 Å². The molecule has 0 aliphatic carbocycles. The Morgan fingerprint density at radius 3 is 2.76 bits per heavy atom. The van der Waals surface area contributed by atoms with E-state index in [2.05, 4.69) is 9.97 Å². The monoisotopic (exact) mass is 327 g/mol. The summed E-state index contributed by atoms with van der Waals surface area (Å²) in [6.07, 6.45) is 1.19. The van der Waals surface area contributed by atoms with Crippen LogP contribution in [0, 0.1) is 6.92 Å². The van der Waals surface area contributed by atoms with Gasteiger partial charge in [0.2, 0.25) is 0 Å². The smallest absolute Gasteiger partial charge is 0.160 e. The highest BCUT2D eigenvalue weighted by atomic mass is 35.5. The van der Waals surface area contributed by atoms with E-state index in [9.17, 15) is 8.42 Å². The van der Waals surface area contributed by atoms with Crippen LogP contribution in [0.1, 0.15) is 24.9 Å². The third kappa shape index (κ3) is 2.55. The molecule has 0 N–H and O–H groups in total. The highest BCUT2D eigenvalue weighted by Crippen LogP contribution is 2.34. The maximum Gasteiger partial charge on any atom is 0.160 e. The molecule has 114 valence electrons. The predicted molar refractivity (Wildman–Crippen MR) is 83.6 cm³/mol. The quantitative estimate of drug-likeness (QED) is 0.809. The van der Waals surface area contributed by atoms with E-state index in [0.29, 0.717) is 18.7 Å². The summed E-state index contributed by atoms with van der Waals surface area (Å²) in [6, 6.07) is 3.84. The Bertz CT molecular complexity index is 800. The topological polar surface area (TPSA) is 64.8 Å². The lowest BCUT2D eigenvalue weighted by Crippen LogP contribution is -2.33. The first-order valence-corrected chi connectivity index (χ1v) is 9.32. The van der Waals surface area contributed by atoms with Crippen LogP contribution in [0.25, 0.3) is 11.2 Å². The Morgan fingerprint density at radius 1 is 1.38 bits per heavy atom. The molecule has 0 amide bonds. The van der Waals surface area contributed by atoms with Crippen LogP contribution in [0.15, 0.2) is 12.1 Å². The fourth-order valence-corrected chi connectivity index (χ4v) is 5.37. The van der Waals surface area contributed by atoms with Crippen LogP contribution < -0.4 is 0 Å². The van der Waals surface area contributed by atoms with Crippen LogP contribution in [0.3, 0.4) is 0 Å². The average Bonchev–Trinajstić information content (AvgIpc) is 2.87. The van der Waals surface area contributed by atoms with E-state index in [-0.39, 0.29) is 11.5 Å². The van der Waals surface area contributed by atoms with Crippen molar-refractivity contribution in [3.05, 3.63) is 23.7 Å². The van der Waals surface area contributed by atoms with Crippen LogP contribution in [0.5, 0.6) is 0 Å². The van der Waals surface area contributed by atoms with Gasteiger partial charge in [-0.25, -0.2) is 18.4 Å². The van der Waals surface area contributed by atoms with Gasteiger partial charge in [0.05, 0.1) is 17.0 Å². The van der Waals surface area contributed by atoms with Crippen LogP contribution in [-0.2, 0) is 21.8 Å². The van der Waals surface area contributed by atoms with Gasteiger partial charge in [-0.05, 0) is 32.4 Å². The fraction of sp³-hybridized carbons (Fsp3) is 0.571. The van der Waals surface area contributed by atoms with E-state index in [1.165, 1.54) is 0 Å². The molecule has 5 nitrogen and oxygen atoms in total. The average molecular weight is 328 g/mol. The first kappa shape index (κ1) is 14.8. The maximum absolute atomic E-state index is 11.9. The summed E-state index contributed by atoms with van der Waals surface area (Å²) in [4.78, 5) is 9.18. The van der Waals surface area contributed by atoms with E-state index in [1.807, 2.05) is 30.5 Å². The van der Waals surface area contributed by atoms with Crippen LogP contribution in [0.2, 0.25) is 0 Å². The number of aryl methyl sites for hydroxylation is 2. The number of hydrogen-bond acceptors (Lipinski definition) is 4. The normalized spacial score (nSPS) is 24.7. The fourth-order valence-electron chi connectivity index (χ4n) is 3.09. The molecular formula is C14H18ClN3O2S. The molecule has 2 aromatic heterocycles. The molecule has 7 heteroatoms. The first-order valence-electron chi connectivity index (χ1n) is 6.96. The minimum Gasteiger partial charge on any atom is -0.306 e. The number of nitrogens with zero attached hydrogens (tertiary/aromatic N) is 3. The van der Waals surface area contributed by atoms with Crippen molar-refractivity contribution in [3.63, 3.8) is 0 Å². The van der Waals surface area contributed by atoms with E-state index in [1.54, 1.807) is 0 Å². The molecule has 1 aliphatic rings. The molecule has 0 saturated carbocycles. The summed E-state index contributed by atoms with van der Waals surface area (Å²) in [7, 11) is -3.00. The summed E-state index contributed by atoms with van der Waals surface area (Å²) in [5, 5.41) is 0. The van der Waals surface area contributed by atoms with Crippen LogP contribution in [0.4, 0.5) is 0 Å². The number of hydrogen-bond donors (Lipinski definition) is 0. The van der Waals surface area contributed by atoms with Crippen molar-refractivity contribution in [2.45, 2.75) is 32.2 Å². The molecule has 0 radical (unpaired) electrons. The molecule has 1 saturated heterocycles. The third-order valence-electron chi connectivity index (χ3n) is 4.05. The Balaban J connectivity index is 2.24. The second-order valence-corrected chi connectivity index (χ2v) is 8.50. The number of imidazole rings is 1. The first-order chi connectivity index (χ1) is 9.85. The van der Waals surface area contributed by atoms with E-state index >= 15 is 0 Å². The molecule has 1 atom stereocenters. The lowest BCUT2D eigenvalue weighted by atomic mass is 10.0. The van der Waals surface area contributed by atoms with Crippen LogP contribution >= 0.6 is 11.6 Å². The number of fused-ring (bicyclic) bond motifs is 1. The van der Waals surface area contributed by atoms with Gasteiger partial charge in [0.15, 0.2) is 15.5 Å². The third-order valence-corrected chi connectivity index (χ3v) is 6.13. The summed E-state index contributed by atoms with van der Waals surface area (Å²) in [5.74, 6) is 1.62. The van der Waals surface area contributed by atoms with Gasteiger partial charge in [-0.15, -0.1) is 11.6 Å². The minimum atomic E-state index is -3.00. The van der Waals surface area contributed by atoms with Crippen molar-refractivity contribution < 1.29 is 8.42 Å². The largest absolute Gasteiger partial charge is 0.306 e. The molecule has 1 unspecified atom stereocenters. The minimum absolute atomic E-state index is 0.135.